The van der Waals surface area contributed by atoms with Gasteiger partial charge in [0.1, 0.15) is 5.82 Å². The van der Waals surface area contributed by atoms with Crippen molar-refractivity contribution in [1.29, 1.82) is 0 Å². The maximum Gasteiger partial charge on any atom is 0.257 e. The highest BCUT2D eigenvalue weighted by Gasteiger charge is 2.34. The molecule has 1 aromatic rings. The van der Waals surface area contributed by atoms with Gasteiger partial charge in [-0.2, -0.15) is 0 Å². The van der Waals surface area contributed by atoms with Crippen LogP contribution in [0, 0.1) is 11.7 Å². The van der Waals surface area contributed by atoms with Crippen LogP contribution in [0.15, 0.2) is 22.7 Å². The zero-order chi connectivity index (χ0) is 13.3. The zero-order valence-corrected chi connectivity index (χ0v) is 12.3. The molecule has 1 heterocycles. The minimum Gasteiger partial charge on any atom is -0.334 e. The Kier molecular flexibility index (Phi) is 4.28. The predicted octanol–water partition coefficient (Wildman–Crippen LogP) is 3.68. The number of likely N-dealkylation sites (tertiary alicyclic amines) is 1. The van der Waals surface area contributed by atoms with Crippen LogP contribution in [0.1, 0.15) is 23.7 Å². The quantitative estimate of drug-likeness (QED) is 0.756. The lowest BCUT2D eigenvalue weighted by molar-refractivity contribution is 0.0732. The zero-order valence-electron chi connectivity index (χ0n) is 10.00. The van der Waals surface area contributed by atoms with Crippen LogP contribution >= 0.6 is 27.5 Å². The Bertz CT molecular complexity index is 468. The summed E-state index contributed by atoms with van der Waals surface area (Å²) >= 11 is 9.08. The van der Waals surface area contributed by atoms with Crippen molar-refractivity contribution in [3.05, 3.63) is 34.1 Å². The van der Waals surface area contributed by atoms with Crippen molar-refractivity contribution in [1.82, 2.24) is 4.90 Å². The normalized spacial score (nSPS) is 23.4. The van der Waals surface area contributed by atoms with Crippen LogP contribution in [-0.2, 0) is 0 Å². The summed E-state index contributed by atoms with van der Waals surface area (Å²) in [7, 11) is 0. The lowest BCUT2D eigenvalue weighted by Gasteiger charge is -2.25. The van der Waals surface area contributed by atoms with Crippen LogP contribution in [0.3, 0.4) is 0 Å². The summed E-state index contributed by atoms with van der Waals surface area (Å²) in [6.45, 7) is 2.71. The van der Waals surface area contributed by atoms with Gasteiger partial charge >= 0.3 is 0 Å². The minimum absolute atomic E-state index is 0.00205. The van der Waals surface area contributed by atoms with Crippen molar-refractivity contribution >= 4 is 33.4 Å². The van der Waals surface area contributed by atoms with E-state index >= 15 is 0 Å². The first-order valence-electron chi connectivity index (χ1n) is 5.86. The van der Waals surface area contributed by atoms with Crippen LogP contribution in [-0.4, -0.2) is 29.3 Å². The van der Waals surface area contributed by atoms with E-state index in [4.69, 9.17) is 11.6 Å². The highest BCUT2D eigenvalue weighted by Crippen LogP contribution is 2.27. The van der Waals surface area contributed by atoms with Gasteiger partial charge in [0.2, 0.25) is 0 Å². The van der Waals surface area contributed by atoms with Crippen molar-refractivity contribution in [2.75, 3.05) is 12.4 Å². The average molecular weight is 335 g/mol. The number of hydrogen-bond acceptors (Lipinski definition) is 1. The molecule has 1 aliphatic rings. The molecule has 0 saturated carbocycles. The Morgan fingerprint density at radius 1 is 1.61 bits per heavy atom. The summed E-state index contributed by atoms with van der Waals surface area (Å²) < 4.78 is 14.4. The fourth-order valence-corrected chi connectivity index (χ4v) is 3.12. The molecule has 98 valence electrons. The second-order valence-corrected chi connectivity index (χ2v) is 5.83. The molecule has 2 unspecified atom stereocenters. The largest absolute Gasteiger partial charge is 0.334 e. The Hall–Kier alpha value is -0.610. The highest BCUT2D eigenvalue weighted by atomic mass is 79.9. The van der Waals surface area contributed by atoms with Gasteiger partial charge in [0.05, 0.1) is 5.56 Å². The number of carbonyl (C=O) groups excluding carboxylic acids is 1. The predicted molar refractivity (Wildman–Crippen MR) is 73.4 cm³/mol. The molecule has 2 nitrogen and oxygen atoms in total. The second kappa shape index (κ2) is 5.57. The topological polar surface area (TPSA) is 20.3 Å². The molecular formula is C13H14BrClFNO. The monoisotopic (exact) mass is 333 g/mol. The summed E-state index contributed by atoms with van der Waals surface area (Å²) in [5.74, 6) is -0.00683. The first-order chi connectivity index (χ1) is 8.54. The third-order valence-corrected chi connectivity index (χ3v) is 4.27. The molecule has 1 amide bonds. The summed E-state index contributed by atoms with van der Waals surface area (Å²) in [4.78, 5) is 14.0. The van der Waals surface area contributed by atoms with E-state index in [1.807, 2.05) is 0 Å². The molecule has 0 aromatic heterocycles. The van der Waals surface area contributed by atoms with Gasteiger partial charge in [-0.05, 0) is 30.5 Å². The van der Waals surface area contributed by atoms with Crippen LogP contribution in [0.5, 0.6) is 0 Å². The lowest BCUT2D eigenvalue weighted by Crippen LogP contribution is -2.39. The van der Waals surface area contributed by atoms with Crippen LogP contribution in [0.25, 0.3) is 0 Å². The van der Waals surface area contributed by atoms with Crippen molar-refractivity contribution in [2.24, 2.45) is 5.92 Å². The number of amides is 1. The number of nitrogens with zero attached hydrogens (tertiary/aromatic N) is 1. The second-order valence-electron chi connectivity index (χ2n) is 4.61. The smallest absolute Gasteiger partial charge is 0.257 e. The molecular weight excluding hydrogens is 321 g/mol. The van der Waals surface area contributed by atoms with Crippen LogP contribution in [0.4, 0.5) is 4.39 Å². The van der Waals surface area contributed by atoms with E-state index in [2.05, 4.69) is 22.9 Å². The molecule has 1 saturated heterocycles. The fourth-order valence-electron chi connectivity index (χ4n) is 2.31. The SMILES string of the molecule is CC1CCN(C(=O)c2ccc(Br)cc2F)C1CCl. The van der Waals surface area contributed by atoms with E-state index in [0.717, 1.165) is 6.42 Å². The molecule has 1 aromatic carbocycles. The van der Waals surface area contributed by atoms with Gasteiger partial charge < -0.3 is 4.90 Å². The Labute approximate surface area is 119 Å². The standard InChI is InChI=1S/C13H14BrClFNO/c1-8-4-5-17(12(8)7-15)13(18)10-3-2-9(14)6-11(10)16/h2-3,6,8,12H,4-5,7H2,1H3. The number of hydrogen-bond donors (Lipinski definition) is 0. The molecule has 18 heavy (non-hydrogen) atoms. The summed E-state index contributed by atoms with van der Waals surface area (Å²) in [6, 6.07) is 4.49. The van der Waals surface area contributed by atoms with Crippen molar-refractivity contribution in [3.8, 4) is 0 Å². The molecule has 0 N–H and O–H groups in total. The fraction of sp³-hybridized carbons (Fsp3) is 0.462. The van der Waals surface area contributed by atoms with E-state index in [1.165, 1.54) is 12.1 Å². The van der Waals surface area contributed by atoms with Gasteiger partial charge in [0.15, 0.2) is 0 Å². The Morgan fingerprint density at radius 3 is 2.94 bits per heavy atom. The summed E-state index contributed by atoms with van der Waals surface area (Å²) in [5.41, 5.74) is 0.113. The van der Waals surface area contributed by atoms with E-state index in [1.54, 1.807) is 11.0 Å². The molecule has 0 radical (unpaired) electrons. The van der Waals surface area contributed by atoms with Crippen molar-refractivity contribution in [2.45, 2.75) is 19.4 Å². The van der Waals surface area contributed by atoms with Gasteiger partial charge in [-0.25, -0.2) is 4.39 Å². The Morgan fingerprint density at radius 2 is 2.33 bits per heavy atom. The minimum atomic E-state index is -0.498. The number of rotatable bonds is 2. The van der Waals surface area contributed by atoms with Gasteiger partial charge in [0.25, 0.3) is 5.91 Å². The van der Waals surface area contributed by atoms with E-state index < -0.39 is 5.82 Å². The molecule has 5 heteroatoms. The van der Waals surface area contributed by atoms with Gasteiger partial charge in [-0.3, -0.25) is 4.79 Å². The number of benzene rings is 1. The molecule has 0 bridgehead atoms. The molecule has 2 atom stereocenters. The van der Waals surface area contributed by atoms with Crippen LogP contribution < -0.4 is 0 Å². The third-order valence-electron chi connectivity index (χ3n) is 3.46. The molecule has 1 fully saturated rings. The van der Waals surface area contributed by atoms with Crippen LogP contribution in [0.2, 0.25) is 0 Å². The van der Waals surface area contributed by atoms with Crippen molar-refractivity contribution in [3.63, 3.8) is 0 Å². The molecule has 2 rings (SSSR count). The molecule has 1 aliphatic heterocycles. The molecule has 0 spiro atoms. The Balaban J connectivity index is 2.26. The average Bonchev–Trinajstić information content (AvgIpc) is 2.69. The van der Waals surface area contributed by atoms with E-state index in [-0.39, 0.29) is 17.5 Å². The third kappa shape index (κ3) is 2.54. The van der Waals surface area contributed by atoms with Gasteiger partial charge in [0, 0.05) is 22.9 Å². The number of carbonyl (C=O) groups is 1. The van der Waals surface area contributed by atoms with E-state index in [9.17, 15) is 9.18 Å². The van der Waals surface area contributed by atoms with Gasteiger partial charge in [-0.1, -0.05) is 22.9 Å². The maximum absolute atomic E-state index is 13.8. The lowest BCUT2D eigenvalue weighted by atomic mass is 10.0. The first kappa shape index (κ1) is 13.8. The van der Waals surface area contributed by atoms with Crippen molar-refractivity contribution < 1.29 is 9.18 Å². The molecule has 0 aliphatic carbocycles. The summed E-state index contributed by atoms with van der Waals surface area (Å²) in [5, 5.41) is 0. The first-order valence-corrected chi connectivity index (χ1v) is 7.19. The number of alkyl halides is 1. The number of halogens is 3. The van der Waals surface area contributed by atoms with E-state index in [0.29, 0.717) is 22.8 Å². The van der Waals surface area contributed by atoms with Gasteiger partial charge in [-0.15, -0.1) is 11.6 Å². The summed E-state index contributed by atoms with van der Waals surface area (Å²) in [6.07, 6.45) is 0.918. The maximum atomic E-state index is 13.8. The highest BCUT2D eigenvalue weighted by molar-refractivity contribution is 9.10.